The zero-order valence-electron chi connectivity index (χ0n) is 13.7. The average Bonchev–Trinajstić information content (AvgIpc) is 2.62. The van der Waals surface area contributed by atoms with E-state index in [1.807, 2.05) is 61.5 Å². The average molecular weight is 372 g/mol. The molecule has 3 aromatic rings. The van der Waals surface area contributed by atoms with Crippen molar-refractivity contribution in [3.8, 4) is 0 Å². The van der Waals surface area contributed by atoms with E-state index in [1.54, 1.807) is 12.1 Å². The highest BCUT2D eigenvalue weighted by Gasteiger charge is 2.22. The SMILES string of the molecule is Cc1ccc([C@@H](NS(=O)(=O)c2ccc(Cl)cc2)c2ccccc2)cc1. The summed E-state index contributed by atoms with van der Waals surface area (Å²) in [5.41, 5.74) is 2.88. The van der Waals surface area contributed by atoms with Gasteiger partial charge in [0.25, 0.3) is 0 Å². The quantitative estimate of drug-likeness (QED) is 0.705. The van der Waals surface area contributed by atoms with Crippen LogP contribution < -0.4 is 4.72 Å². The summed E-state index contributed by atoms with van der Waals surface area (Å²) in [5, 5.41) is 0.497. The van der Waals surface area contributed by atoms with Gasteiger partial charge >= 0.3 is 0 Å². The van der Waals surface area contributed by atoms with Crippen LogP contribution in [0.15, 0.2) is 83.8 Å². The molecule has 0 aliphatic heterocycles. The van der Waals surface area contributed by atoms with Crippen molar-refractivity contribution in [2.45, 2.75) is 17.9 Å². The first-order valence-electron chi connectivity index (χ1n) is 7.85. The van der Waals surface area contributed by atoms with Gasteiger partial charge in [-0.2, -0.15) is 4.72 Å². The van der Waals surface area contributed by atoms with Crippen molar-refractivity contribution in [1.29, 1.82) is 0 Å². The second kappa shape index (κ2) is 7.40. The fourth-order valence-corrected chi connectivity index (χ4v) is 3.91. The molecule has 0 aliphatic rings. The smallest absolute Gasteiger partial charge is 0.207 e. The molecule has 25 heavy (non-hydrogen) atoms. The third-order valence-corrected chi connectivity index (χ3v) is 5.63. The topological polar surface area (TPSA) is 46.2 Å². The zero-order valence-corrected chi connectivity index (χ0v) is 15.3. The van der Waals surface area contributed by atoms with Crippen LogP contribution in [0.4, 0.5) is 0 Å². The Balaban J connectivity index is 2.00. The first kappa shape index (κ1) is 17.7. The maximum atomic E-state index is 12.8. The lowest BCUT2D eigenvalue weighted by atomic mass is 9.99. The van der Waals surface area contributed by atoms with Crippen LogP contribution in [0.25, 0.3) is 0 Å². The minimum atomic E-state index is -3.69. The zero-order chi connectivity index (χ0) is 17.9. The minimum absolute atomic E-state index is 0.185. The summed E-state index contributed by atoms with van der Waals surface area (Å²) in [4.78, 5) is 0.185. The Kier molecular flexibility index (Phi) is 5.23. The number of hydrogen-bond donors (Lipinski definition) is 1. The van der Waals surface area contributed by atoms with Gasteiger partial charge in [0.05, 0.1) is 10.9 Å². The molecule has 0 heterocycles. The third kappa shape index (κ3) is 4.28. The summed E-state index contributed by atoms with van der Waals surface area (Å²) >= 11 is 5.86. The lowest BCUT2D eigenvalue weighted by molar-refractivity contribution is 0.572. The molecule has 0 amide bonds. The van der Waals surface area contributed by atoms with Crippen LogP contribution in [0.5, 0.6) is 0 Å². The Morgan fingerprint density at radius 1 is 0.800 bits per heavy atom. The highest BCUT2D eigenvalue weighted by molar-refractivity contribution is 7.89. The van der Waals surface area contributed by atoms with Gasteiger partial charge in [-0.1, -0.05) is 71.8 Å². The van der Waals surface area contributed by atoms with E-state index < -0.39 is 16.1 Å². The highest BCUT2D eigenvalue weighted by Crippen LogP contribution is 2.25. The molecule has 1 N–H and O–H groups in total. The molecular weight excluding hydrogens is 354 g/mol. The lowest BCUT2D eigenvalue weighted by Crippen LogP contribution is -2.29. The number of benzene rings is 3. The molecule has 128 valence electrons. The van der Waals surface area contributed by atoms with Gasteiger partial charge in [-0.3, -0.25) is 0 Å². The molecule has 0 saturated heterocycles. The molecule has 5 heteroatoms. The van der Waals surface area contributed by atoms with E-state index >= 15 is 0 Å². The number of halogens is 1. The standard InChI is InChI=1S/C20H18ClNO2S/c1-15-7-9-17(10-8-15)20(16-5-3-2-4-6-16)22-25(23,24)19-13-11-18(21)12-14-19/h2-14,20,22H,1H3/t20-/m0/s1. The number of aryl methyl sites for hydroxylation is 1. The molecule has 0 bridgehead atoms. The Labute approximate surface area is 153 Å². The van der Waals surface area contributed by atoms with Crippen molar-refractivity contribution in [2.24, 2.45) is 0 Å². The second-order valence-electron chi connectivity index (χ2n) is 5.83. The number of hydrogen-bond acceptors (Lipinski definition) is 2. The van der Waals surface area contributed by atoms with Gasteiger partial charge in [0.15, 0.2) is 0 Å². The van der Waals surface area contributed by atoms with Gasteiger partial charge in [0.1, 0.15) is 0 Å². The molecule has 3 aromatic carbocycles. The largest absolute Gasteiger partial charge is 0.241 e. The van der Waals surface area contributed by atoms with Gasteiger partial charge < -0.3 is 0 Å². The summed E-state index contributed by atoms with van der Waals surface area (Å²) in [6.45, 7) is 2.00. The van der Waals surface area contributed by atoms with Gasteiger partial charge in [-0.15, -0.1) is 0 Å². The third-order valence-electron chi connectivity index (χ3n) is 3.94. The number of nitrogens with one attached hydrogen (secondary N) is 1. The maximum Gasteiger partial charge on any atom is 0.241 e. The van der Waals surface area contributed by atoms with Gasteiger partial charge in [-0.25, -0.2) is 8.42 Å². The molecule has 0 aromatic heterocycles. The number of rotatable bonds is 5. The van der Waals surface area contributed by atoms with Crippen LogP contribution in [0.2, 0.25) is 5.02 Å². The van der Waals surface area contributed by atoms with Crippen LogP contribution in [0, 0.1) is 6.92 Å². The van der Waals surface area contributed by atoms with E-state index in [2.05, 4.69) is 4.72 Å². The Morgan fingerprint density at radius 2 is 1.36 bits per heavy atom. The summed E-state index contributed by atoms with van der Waals surface area (Å²) in [7, 11) is -3.69. The molecule has 3 rings (SSSR count). The monoisotopic (exact) mass is 371 g/mol. The molecule has 0 spiro atoms. The molecule has 0 aliphatic carbocycles. The first-order chi connectivity index (χ1) is 12.0. The number of sulfonamides is 1. The van der Waals surface area contributed by atoms with Crippen molar-refractivity contribution < 1.29 is 8.42 Å². The van der Waals surface area contributed by atoms with Crippen LogP contribution in [0.3, 0.4) is 0 Å². The van der Waals surface area contributed by atoms with E-state index in [4.69, 9.17) is 11.6 Å². The normalized spacial score (nSPS) is 12.7. The molecule has 3 nitrogen and oxygen atoms in total. The summed E-state index contributed by atoms with van der Waals surface area (Å²) in [5.74, 6) is 0. The summed E-state index contributed by atoms with van der Waals surface area (Å²) in [6, 6.07) is 23.0. The van der Waals surface area contributed by atoms with E-state index in [9.17, 15) is 8.42 Å². The van der Waals surface area contributed by atoms with Crippen LogP contribution in [0.1, 0.15) is 22.7 Å². The molecule has 0 unspecified atom stereocenters. The van der Waals surface area contributed by atoms with Crippen molar-refractivity contribution in [3.63, 3.8) is 0 Å². The lowest BCUT2D eigenvalue weighted by Gasteiger charge is -2.20. The molecular formula is C20H18ClNO2S. The van der Waals surface area contributed by atoms with Crippen LogP contribution in [-0.2, 0) is 10.0 Å². The van der Waals surface area contributed by atoms with Crippen molar-refractivity contribution >= 4 is 21.6 Å². The van der Waals surface area contributed by atoms with Crippen molar-refractivity contribution in [1.82, 2.24) is 4.72 Å². The first-order valence-corrected chi connectivity index (χ1v) is 9.71. The van der Waals surface area contributed by atoms with Crippen molar-refractivity contribution in [2.75, 3.05) is 0 Å². The van der Waals surface area contributed by atoms with Gasteiger partial charge in [0.2, 0.25) is 10.0 Å². The fraction of sp³-hybridized carbons (Fsp3) is 0.100. The predicted molar refractivity (Wildman–Crippen MR) is 101 cm³/mol. The Morgan fingerprint density at radius 3 is 1.96 bits per heavy atom. The van der Waals surface area contributed by atoms with Crippen LogP contribution in [-0.4, -0.2) is 8.42 Å². The van der Waals surface area contributed by atoms with E-state index in [0.29, 0.717) is 5.02 Å². The minimum Gasteiger partial charge on any atom is -0.207 e. The summed E-state index contributed by atoms with van der Waals surface area (Å²) in [6.07, 6.45) is 0. The van der Waals surface area contributed by atoms with Crippen molar-refractivity contribution in [3.05, 3.63) is 101 Å². The maximum absolute atomic E-state index is 12.8. The van der Waals surface area contributed by atoms with Gasteiger partial charge in [0, 0.05) is 5.02 Å². The van der Waals surface area contributed by atoms with Crippen LogP contribution >= 0.6 is 11.6 Å². The molecule has 1 atom stereocenters. The van der Waals surface area contributed by atoms with E-state index in [-0.39, 0.29) is 4.90 Å². The fourth-order valence-electron chi connectivity index (χ4n) is 2.57. The Bertz CT molecular complexity index is 937. The predicted octanol–water partition coefficient (Wildman–Crippen LogP) is 4.72. The molecule has 0 fully saturated rings. The Hall–Kier alpha value is -2.14. The second-order valence-corrected chi connectivity index (χ2v) is 7.98. The van der Waals surface area contributed by atoms with Gasteiger partial charge in [-0.05, 0) is 42.3 Å². The summed E-state index contributed by atoms with van der Waals surface area (Å²) < 4.78 is 28.4. The molecule has 0 radical (unpaired) electrons. The molecule has 0 saturated carbocycles. The highest BCUT2D eigenvalue weighted by atomic mass is 35.5. The van der Waals surface area contributed by atoms with E-state index in [0.717, 1.165) is 16.7 Å². The van der Waals surface area contributed by atoms with E-state index in [1.165, 1.54) is 12.1 Å².